The Hall–Kier alpha value is -0.130. The van der Waals surface area contributed by atoms with Crippen molar-refractivity contribution in [3.8, 4) is 0 Å². The molecule has 0 radical (unpaired) electrons. The van der Waals surface area contributed by atoms with Crippen LogP contribution in [0.2, 0.25) is 0 Å². The van der Waals surface area contributed by atoms with E-state index < -0.39 is 0 Å². The van der Waals surface area contributed by atoms with Crippen molar-refractivity contribution in [3.05, 3.63) is 6.33 Å². The summed E-state index contributed by atoms with van der Waals surface area (Å²) in [7, 11) is 0. The van der Waals surface area contributed by atoms with E-state index in [2.05, 4.69) is 23.2 Å². The Balaban J connectivity index is 2.11. The minimum atomic E-state index is 0.279. The van der Waals surface area contributed by atoms with E-state index >= 15 is 0 Å². The van der Waals surface area contributed by atoms with E-state index in [1.165, 1.54) is 24.4 Å². The number of nitrogens with zero attached hydrogens (tertiary/aromatic N) is 2. The highest BCUT2D eigenvalue weighted by molar-refractivity contribution is 8.00. The Kier molecular flexibility index (Phi) is 4.84. The quantitative estimate of drug-likeness (QED) is 0.603. The fraction of sp³-hybridized carbons (Fsp3) is 0.778. The molecule has 0 fully saturated rings. The van der Waals surface area contributed by atoms with E-state index in [0.717, 1.165) is 16.6 Å². The summed E-state index contributed by atoms with van der Waals surface area (Å²) in [6.45, 7) is 5.18. The Morgan fingerprint density at radius 3 is 2.93 bits per heavy atom. The molecule has 0 saturated heterocycles. The molecule has 0 aliphatic heterocycles. The lowest BCUT2D eigenvalue weighted by Gasteiger charge is -2.21. The van der Waals surface area contributed by atoms with Crippen molar-refractivity contribution >= 4 is 23.3 Å². The van der Waals surface area contributed by atoms with Crippen LogP contribution in [0.5, 0.6) is 0 Å². The minimum absolute atomic E-state index is 0.279. The van der Waals surface area contributed by atoms with Crippen LogP contribution in [0.1, 0.15) is 26.7 Å². The van der Waals surface area contributed by atoms with Crippen molar-refractivity contribution in [3.63, 3.8) is 0 Å². The third-order valence-corrected chi connectivity index (χ3v) is 4.00. The summed E-state index contributed by atoms with van der Waals surface area (Å²) in [6, 6.07) is 0. The monoisotopic (exact) mass is 231 g/mol. The Morgan fingerprint density at radius 2 is 2.36 bits per heavy atom. The molecule has 0 amide bonds. The Labute approximate surface area is 93.7 Å². The van der Waals surface area contributed by atoms with Crippen LogP contribution in [0.4, 0.5) is 0 Å². The lowest BCUT2D eigenvalue weighted by molar-refractivity contribution is 0.345. The van der Waals surface area contributed by atoms with Crippen molar-refractivity contribution in [1.82, 2.24) is 9.36 Å². The molecule has 1 aromatic heterocycles. The Morgan fingerprint density at radius 1 is 1.57 bits per heavy atom. The molecule has 1 rings (SSSR count). The lowest BCUT2D eigenvalue weighted by atomic mass is 9.88. The van der Waals surface area contributed by atoms with Crippen molar-refractivity contribution in [1.29, 1.82) is 0 Å². The number of hydrogen-bond acceptors (Lipinski definition) is 5. The third kappa shape index (κ3) is 4.39. The molecule has 0 bridgehead atoms. The SMILES string of the molecule is CC(C)(CN)CCCSc1ncns1. The van der Waals surface area contributed by atoms with Gasteiger partial charge in [-0.2, -0.15) is 4.37 Å². The molecule has 0 atom stereocenters. The van der Waals surface area contributed by atoms with E-state index in [1.54, 1.807) is 18.1 Å². The first-order valence-corrected chi connectivity index (χ1v) is 6.49. The number of thioether (sulfide) groups is 1. The van der Waals surface area contributed by atoms with Gasteiger partial charge in [0.2, 0.25) is 0 Å². The van der Waals surface area contributed by atoms with E-state index in [0.29, 0.717) is 0 Å². The number of aromatic nitrogens is 2. The molecule has 0 saturated carbocycles. The van der Waals surface area contributed by atoms with Gasteiger partial charge in [0.25, 0.3) is 0 Å². The summed E-state index contributed by atoms with van der Waals surface area (Å²) in [5.41, 5.74) is 5.94. The summed E-state index contributed by atoms with van der Waals surface area (Å²) >= 11 is 3.25. The van der Waals surface area contributed by atoms with Crippen molar-refractivity contribution in [2.75, 3.05) is 12.3 Å². The molecule has 0 spiro atoms. The van der Waals surface area contributed by atoms with Gasteiger partial charge in [0, 0.05) is 5.75 Å². The van der Waals surface area contributed by atoms with Crippen LogP contribution in [0.15, 0.2) is 10.7 Å². The molecule has 1 aromatic rings. The molecule has 0 aliphatic carbocycles. The fourth-order valence-corrected chi connectivity index (χ4v) is 2.49. The van der Waals surface area contributed by atoms with Gasteiger partial charge in [0.1, 0.15) is 6.33 Å². The molecule has 2 N–H and O–H groups in total. The van der Waals surface area contributed by atoms with Crippen molar-refractivity contribution < 1.29 is 0 Å². The van der Waals surface area contributed by atoms with Crippen molar-refractivity contribution in [2.24, 2.45) is 11.1 Å². The van der Waals surface area contributed by atoms with Gasteiger partial charge in [-0.1, -0.05) is 25.6 Å². The van der Waals surface area contributed by atoms with E-state index in [4.69, 9.17) is 5.73 Å². The molecule has 80 valence electrons. The van der Waals surface area contributed by atoms with Gasteiger partial charge in [-0.15, -0.1) is 0 Å². The second-order valence-corrected chi connectivity index (χ2v) is 6.15. The van der Waals surface area contributed by atoms with Crippen LogP contribution >= 0.6 is 23.3 Å². The van der Waals surface area contributed by atoms with E-state index in [1.807, 2.05) is 0 Å². The topological polar surface area (TPSA) is 51.8 Å². The molecule has 5 heteroatoms. The van der Waals surface area contributed by atoms with Crippen molar-refractivity contribution in [2.45, 2.75) is 31.0 Å². The fourth-order valence-electron chi connectivity index (χ4n) is 1.04. The predicted octanol–water partition coefficient (Wildman–Crippen LogP) is 2.40. The average molecular weight is 231 g/mol. The molecular weight excluding hydrogens is 214 g/mol. The highest BCUT2D eigenvalue weighted by Crippen LogP contribution is 2.24. The van der Waals surface area contributed by atoms with Crippen LogP contribution in [0.3, 0.4) is 0 Å². The normalized spacial score (nSPS) is 11.9. The Bertz CT molecular complexity index is 247. The summed E-state index contributed by atoms with van der Waals surface area (Å²) in [5.74, 6) is 1.11. The maximum atomic E-state index is 5.66. The zero-order valence-corrected chi connectivity index (χ0v) is 10.3. The molecule has 0 aromatic carbocycles. The maximum absolute atomic E-state index is 5.66. The molecular formula is C9H17N3S2. The molecule has 1 heterocycles. The molecule has 3 nitrogen and oxygen atoms in total. The zero-order valence-electron chi connectivity index (χ0n) is 8.69. The smallest absolute Gasteiger partial charge is 0.169 e. The standard InChI is InChI=1S/C9H17N3S2/c1-9(2,6-10)4-3-5-13-8-11-7-12-14-8/h7H,3-6,10H2,1-2H3. The van der Waals surface area contributed by atoms with Crippen LogP contribution in [-0.4, -0.2) is 21.7 Å². The van der Waals surface area contributed by atoms with Crippen LogP contribution < -0.4 is 5.73 Å². The number of nitrogens with two attached hydrogens (primary N) is 1. The summed E-state index contributed by atoms with van der Waals surface area (Å²) in [4.78, 5) is 4.12. The van der Waals surface area contributed by atoms with E-state index in [9.17, 15) is 0 Å². The van der Waals surface area contributed by atoms with Crippen LogP contribution in [0.25, 0.3) is 0 Å². The first-order chi connectivity index (χ1) is 6.64. The number of hydrogen-bond donors (Lipinski definition) is 1. The highest BCUT2D eigenvalue weighted by atomic mass is 32.2. The van der Waals surface area contributed by atoms with E-state index in [-0.39, 0.29) is 5.41 Å². The minimum Gasteiger partial charge on any atom is -0.330 e. The van der Waals surface area contributed by atoms with Gasteiger partial charge in [-0.3, -0.25) is 0 Å². The molecule has 14 heavy (non-hydrogen) atoms. The second kappa shape index (κ2) is 5.68. The van der Waals surface area contributed by atoms with Gasteiger partial charge in [-0.25, -0.2) is 4.98 Å². The van der Waals surface area contributed by atoms with Gasteiger partial charge in [-0.05, 0) is 36.3 Å². The lowest BCUT2D eigenvalue weighted by Crippen LogP contribution is -2.23. The van der Waals surface area contributed by atoms with Gasteiger partial charge in [0.05, 0.1) is 0 Å². The van der Waals surface area contributed by atoms with Gasteiger partial charge in [0.15, 0.2) is 4.34 Å². The molecule has 0 aliphatic rings. The second-order valence-electron chi connectivity index (χ2n) is 4.03. The first kappa shape index (κ1) is 11.9. The third-order valence-electron chi connectivity index (χ3n) is 2.12. The average Bonchev–Trinajstić information content (AvgIpc) is 2.65. The first-order valence-electron chi connectivity index (χ1n) is 4.73. The summed E-state index contributed by atoms with van der Waals surface area (Å²) in [6.07, 6.45) is 3.97. The van der Waals surface area contributed by atoms with Gasteiger partial charge >= 0.3 is 0 Å². The van der Waals surface area contributed by atoms with Crippen LogP contribution in [-0.2, 0) is 0 Å². The molecule has 0 unspecified atom stereocenters. The number of rotatable bonds is 6. The summed E-state index contributed by atoms with van der Waals surface area (Å²) < 4.78 is 5.02. The largest absolute Gasteiger partial charge is 0.330 e. The predicted molar refractivity (Wildman–Crippen MR) is 62.7 cm³/mol. The highest BCUT2D eigenvalue weighted by Gasteiger charge is 2.14. The maximum Gasteiger partial charge on any atom is 0.169 e. The van der Waals surface area contributed by atoms with Crippen LogP contribution in [0, 0.1) is 5.41 Å². The summed E-state index contributed by atoms with van der Waals surface area (Å²) in [5, 5.41) is 0. The zero-order chi connectivity index (χ0) is 10.4. The van der Waals surface area contributed by atoms with Gasteiger partial charge < -0.3 is 5.73 Å².